The van der Waals surface area contributed by atoms with Crippen molar-refractivity contribution in [2.75, 3.05) is 0 Å². The maximum atomic E-state index is 5.14. The van der Waals surface area contributed by atoms with E-state index in [2.05, 4.69) is 15.2 Å². The standard InChI is InChI=1S/C12H14N4O/c1-10(2)15-17-9-11-4-5-12(13-8-11)16-7-3-6-14-16/h3-8H,9H2,1-2H3. The number of hydrogen-bond acceptors (Lipinski definition) is 4. The van der Waals surface area contributed by atoms with Crippen LogP contribution in [0.3, 0.4) is 0 Å². The summed E-state index contributed by atoms with van der Waals surface area (Å²) in [6.07, 6.45) is 5.33. The molecule has 0 saturated carbocycles. The van der Waals surface area contributed by atoms with Crippen LogP contribution in [0.15, 0.2) is 41.9 Å². The molecule has 0 aliphatic heterocycles. The molecule has 17 heavy (non-hydrogen) atoms. The lowest BCUT2D eigenvalue weighted by molar-refractivity contribution is 0.130. The Labute approximate surface area is 99.7 Å². The Bertz CT molecular complexity index is 484. The second-order valence-electron chi connectivity index (χ2n) is 3.79. The van der Waals surface area contributed by atoms with Gasteiger partial charge in [-0.25, -0.2) is 9.67 Å². The van der Waals surface area contributed by atoms with E-state index in [0.29, 0.717) is 6.61 Å². The molecule has 0 fully saturated rings. The van der Waals surface area contributed by atoms with E-state index in [1.165, 1.54) is 0 Å². The average Bonchev–Trinajstić information content (AvgIpc) is 2.83. The predicted octanol–water partition coefficient (Wildman–Crippen LogP) is 2.18. The van der Waals surface area contributed by atoms with Crippen LogP contribution in [-0.2, 0) is 11.4 Å². The van der Waals surface area contributed by atoms with Crippen LogP contribution < -0.4 is 0 Å². The minimum absolute atomic E-state index is 0.428. The molecule has 5 heteroatoms. The smallest absolute Gasteiger partial charge is 0.153 e. The van der Waals surface area contributed by atoms with Gasteiger partial charge in [0.05, 0.1) is 5.71 Å². The van der Waals surface area contributed by atoms with Crippen LogP contribution in [0.4, 0.5) is 0 Å². The first-order valence-corrected chi connectivity index (χ1v) is 5.34. The minimum atomic E-state index is 0.428. The van der Waals surface area contributed by atoms with Crippen molar-refractivity contribution in [2.45, 2.75) is 20.5 Å². The fraction of sp³-hybridized carbons (Fsp3) is 0.250. The SMILES string of the molecule is CC(C)=NOCc1ccc(-n2cccn2)nc1. The molecule has 0 spiro atoms. The van der Waals surface area contributed by atoms with Crippen molar-refractivity contribution in [3.8, 4) is 5.82 Å². The van der Waals surface area contributed by atoms with Crippen molar-refractivity contribution in [2.24, 2.45) is 5.16 Å². The van der Waals surface area contributed by atoms with Crippen molar-refractivity contribution < 1.29 is 4.84 Å². The Hall–Kier alpha value is -2.17. The molecule has 0 bridgehead atoms. The summed E-state index contributed by atoms with van der Waals surface area (Å²) >= 11 is 0. The molecule has 0 N–H and O–H groups in total. The Kier molecular flexibility index (Phi) is 3.49. The highest BCUT2D eigenvalue weighted by Gasteiger charge is 1.98. The number of aromatic nitrogens is 3. The van der Waals surface area contributed by atoms with Gasteiger partial charge in [0, 0.05) is 24.2 Å². The van der Waals surface area contributed by atoms with E-state index in [-0.39, 0.29) is 0 Å². The number of hydrogen-bond donors (Lipinski definition) is 0. The zero-order valence-electron chi connectivity index (χ0n) is 9.87. The van der Waals surface area contributed by atoms with Gasteiger partial charge in [0.15, 0.2) is 5.82 Å². The molecule has 0 aliphatic carbocycles. The molecule has 2 aromatic heterocycles. The summed E-state index contributed by atoms with van der Waals surface area (Å²) in [4.78, 5) is 9.43. The van der Waals surface area contributed by atoms with E-state index in [0.717, 1.165) is 17.1 Å². The Morgan fingerprint density at radius 3 is 2.88 bits per heavy atom. The summed E-state index contributed by atoms with van der Waals surface area (Å²) in [5.74, 6) is 0.786. The molecule has 0 unspecified atom stereocenters. The van der Waals surface area contributed by atoms with Gasteiger partial charge < -0.3 is 4.84 Å². The van der Waals surface area contributed by atoms with Gasteiger partial charge in [-0.2, -0.15) is 5.10 Å². The zero-order valence-corrected chi connectivity index (χ0v) is 9.87. The summed E-state index contributed by atoms with van der Waals surface area (Å²) in [5, 5.41) is 7.97. The second kappa shape index (κ2) is 5.25. The quantitative estimate of drug-likeness (QED) is 0.597. The minimum Gasteiger partial charge on any atom is -0.391 e. The monoisotopic (exact) mass is 230 g/mol. The molecule has 0 amide bonds. The van der Waals surface area contributed by atoms with E-state index in [9.17, 15) is 0 Å². The van der Waals surface area contributed by atoms with Gasteiger partial charge in [-0.05, 0) is 26.0 Å². The van der Waals surface area contributed by atoms with Crippen LogP contribution in [0, 0.1) is 0 Å². The lowest BCUT2D eigenvalue weighted by atomic mass is 10.3. The van der Waals surface area contributed by atoms with Crippen LogP contribution in [0.1, 0.15) is 19.4 Å². The van der Waals surface area contributed by atoms with Crippen LogP contribution in [0.25, 0.3) is 5.82 Å². The fourth-order valence-corrected chi connectivity index (χ4v) is 1.28. The van der Waals surface area contributed by atoms with Crippen molar-refractivity contribution >= 4 is 5.71 Å². The van der Waals surface area contributed by atoms with E-state index >= 15 is 0 Å². The molecule has 0 atom stereocenters. The number of oxime groups is 1. The van der Waals surface area contributed by atoms with Gasteiger partial charge in [-0.3, -0.25) is 0 Å². The third kappa shape index (κ3) is 3.14. The Morgan fingerprint density at radius 2 is 2.29 bits per heavy atom. The van der Waals surface area contributed by atoms with Crippen molar-refractivity contribution in [1.82, 2.24) is 14.8 Å². The van der Waals surface area contributed by atoms with Gasteiger partial charge in [-0.15, -0.1) is 0 Å². The van der Waals surface area contributed by atoms with Gasteiger partial charge in [0.2, 0.25) is 0 Å². The van der Waals surface area contributed by atoms with Gasteiger partial charge >= 0.3 is 0 Å². The topological polar surface area (TPSA) is 52.3 Å². The summed E-state index contributed by atoms with van der Waals surface area (Å²) in [5.41, 5.74) is 1.87. The number of pyridine rings is 1. The van der Waals surface area contributed by atoms with Crippen molar-refractivity contribution in [1.29, 1.82) is 0 Å². The molecule has 5 nitrogen and oxygen atoms in total. The van der Waals surface area contributed by atoms with Gasteiger partial charge in [-0.1, -0.05) is 11.2 Å². The molecule has 0 saturated heterocycles. The molecule has 2 rings (SSSR count). The highest BCUT2D eigenvalue weighted by molar-refractivity contribution is 5.78. The maximum Gasteiger partial charge on any atom is 0.153 e. The maximum absolute atomic E-state index is 5.14. The van der Waals surface area contributed by atoms with Gasteiger partial charge in [0.1, 0.15) is 6.61 Å². The van der Waals surface area contributed by atoms with Crippen molar-refractivity contribution in [3.05, 3.63) is 42.4 Å². The lowest BCUT2D eigenvalue weighted by Crippen LogP contribution is -1.98. The van der Waals surface area contributed by atoms with Crippen molar-refractivity contribution in [3.63, 3.8) is 0 Å². The molecule has 0 aromatic carbocycles. The Morgan fingerprint density at radius 1 is 1.41 bits per heavy atom. The molecule has 0 radical (unpaired) electrons. The highest BCUT2D eigenvalue weighted by Crippen LogP contribution is 2.05. The molecule has 88 valence electrons. The molecule has 2 aromatic rings. The first-order valence-electron chi connectivity index (χ1n) is 5.34. The Balaban J connectivity index is 2.01. The molecule has 2 heterocycles. The normalized spacial score (nSPS) is 10.0. The van der Waals surface area contributed by atoms with E-state index < -0.39 is 0 Å². The first kappa shape index (κ1) is 11.3. The fourth-order valence-electron chi connectivity index (χ4n) is 1.28. The van der Waals surface area contributed by atoms with Gasteiger partial charge in [0.25, 0.3) is 0 Å². The summed E-state index contributed by atoms with van der Waals surface area (Å²) in [6.45, 7) is 4.20. The third-order valence-electron chi connectivity index (χ3n) is 2.03. The number of nitrogens with zero attached hydrogens (tertiary/aromatic N) is 4. The summed E-state index contributed by atoms with van der Waals surface area (Å²) < 4.78 is 1.71. The third-order valence-corrected chi connectivity index (χ3v) is 2.03. The average molecular weight is 230 g/mol. The highest BCUT2D eigenvalue weighted by atomic mass is 16.6. The van der Waals surface area contributed by atoms with Crippen LogP contribution in [-0.4, -0.2) is 20.5 Å². The summed E-state index contributed by atoms with van der Waals surface area (Å²) in [6, 6.07) is 5.70. The van der Waals surface area contributed by atoms with Crippen LogP contribution in [0.5, 0.6) is 0 Å². The van der Waals surface area contributed by atoms with E-state index in [1.807, 2.05) is 38.2 Å². The first-order chi connectivity index (χ1) is 8.25. The van der Waals surface area contributed by atoms with Crippen LogP contribution >= 0.6 is 0 Å². The molecular formula is C12H14N4O. The van der Waals surface area contributed by atoms with Crippen LogP contribution in [0.2, 0.25) is 0 Å². The second-order valence-corrected chi connectivity index (χ2v) is 3.79. The number of rotatable bonds is 4. The van der Waals surface area contributed by atoms with E-state index in [1.54, 1.807) is 17.1 Å². The predicted molar refractivity (Wildman–Crippen MR) is 64.9 cm³/mol. The molecule has 0 aliphatic rings. The summed E-state index contributed by atoms with van der Waals surface area (Å²) in [7, 11) is 0. The lowest BCUT2D eigenvalue weighted by Gasteiger charge is -2.02. The largest absolute Gasteiger partial charge is 0.391 e. The van der Waals surface area contributed by atoms with E-state index in [4.69, 9.17) is 4.84 Å². The zero-order chi connectivity index (χ0) is 12.1. The molecular weight excluding hydrogens is 216 g/mol.